The van der Waals surface area contributed by atoms with E-state index in [2.05, 4.69) is 5.32 Å². The van der Waals surface area contributed by atoms with E-state index < -0.39 is 0 Å². The van der Waals surface area contributed by atoms with Crippen molar-refractivity contribution in [3.63, 3.8) is 0 Å². The quantitative estimate of drug-likeness (QED) is 0.928. The molecule has 0 aromatic heterocycles. The van der Waals surface area contributed by atoms with Crippen LogP contribution in [0.4, 0.5) is 11.4 Å². The SMILES string of the molecule is CN(C)c1ccc(NC(=O)c2cccc(C#N)c2)cc1. The summed E-state index contributed by atoms with van der Waals surface area (Å²) in [5, 5.41) is 11.6. The van der Waals surface area contributed by atoms with Gasteiger partial charge in [-0.25, -0.2) is 0 Å². The average molecular weight is 265 g/mol. The minimum absolute atomic E-state index is 0.222. The Hall–Kier alpha value is -2.80. The summed E-state index contributed by atoms with van der Waals surface area (Å²) >= 11 is 0. The summed E-state index contributed by atoms with van der Waals surface area (Å²) in [7, 11) is 3.92. The Morgan fingerprint density at radius 3 is 2.45 bits per heavy atom. The largest absolute Gasteiger partial charge is 0.378 e. The van der Waals surface area contributed by atoms with Gasteiger partial charge in [0.15, 0.2) is 0 Å². The van der Waals surface area contributed by atoms with Crippen LogP contribution in [0.5, 0.6) is 0 Å². The molecule has 4 nitrogen and oxygen atoms in total. The number of carbonyl (C=O) groups excluding carboxylic acids is 1. The van der Waals surface area contributed by atoms with Gasteiger partial charge >= 0.3 is 0 Å². The molecule has 0 atom stereocenters. The Balaban J connectivity index is 2.13. The third kappa shape index (κ3) is 3.15. The lowest BCUT2D eigenvalue weighted by Crippen LogP contribution is -2.12. The van der Waals surface area contributed by atoms with E-state index in [-0.39, 0.29) is 5.91 Å². The van der Waals surface area contributed by atoms with Gasteiger partial charge in [0.25, 0.3) is 5.91 Å². The van der Waals surface area contributed by atoms with Gasteiger partial charge in [-0.2, -0.15) is 5.26 Å². The summed E-state index contributed by atoms with van der Waals surface area (Å²) in [6.45, 7) is 0. The van der Waals surface area contributed by atoms with Crippen molar-refractivity contribution in [3.05, 3.63) is 59.7 Å². The molecule has 0 aliphatic heterocycles. The van der Waals surface area contributed by atoms with Crippen LogP contribution in [0.25, 0.3) is 0 Å². The Morgan fingerprint density at radius 2 is 1.85 bits per heavy atom. The molecule has 0 fully saturated rings. The van der Waals surface area contributed by atoms with E-state index in [0.717, 1.165) is 11.4 Å². The fraction of sp³-hybridized carbons (Fsp3) is 0.125. The first-order valence-corrected chi connectivity index (χ1v) is 6.19. The molecule has 2 rings (SSSR count). The van der Waals surface area contributed by atoms with Crippen molar-refractivity contribution < 1.29 is 4.79 Å². The third-order valence-corrected chi connectivity index (χ3v) is 2.90. The molecule has 20 heavy (non-hydrogen) atoms. The molecule has 0 bridgehead atoms. The first-order valence-electron chi connectivity index (χ1n) is 6.19. The van der Waals surface area contributed by atoms with Crippen LogP contribution in [0, 0.1) is 11.3 Å². The molecule has 2 aromatic rings. The maximum atomic E-state index is 12.1. The molecule has 0 aliphatic carbocycles. The normalized spacial score (nSPS) is 9.65. The highest BCUT2D eigenvalue weighted by Crippen LogP contribution is 2.16. The van der Waals surface area contributed by atoms with Crippen LogP contribution < -0.4 is 10.2 Å². The molecule has 4 heteroatoms. The van der Waals surface area contributed by atoms with Crippen molar-refractivity contribution in [2.45, 2.75) is 0 Å². The van der Waals surface area contributed by atoms with Crippen molar-refractivity contribution in [3.8, 4) is 6.07 Å². The van der Waals surface area contributed by atoms with Crippen molar-refractivity contribution >= 4 is 17.3 Å². The maximum absolute atomic E-state index is 12.1. The summed E-state index contributed by atoms with van der Waals surface area (Å²) in [5.74, 6) is -0.222. The highest BCUT2D eigenvalue weighted by atomic mass is 16.1. The van der Waals surface area contributed by atoms with Crippen molar-refractivity contribution in [1.82, 2.24) is 0 Å². The van der Waals surface area contributed by atoms with E-state index in [1.165, 1.54) is 0 Å². The van der Waals surface area contributed by atoms with E-state index in [1.807, 2.05) is 49.3 Å². The van der Waals surface area contributed by atoms with Gasteiger partial charge in [-0.1, -0.05) is 6.07 Å². The second kappa shape index (κ2) is 5.89. The molecule has 0 saturated heterocycles. The van der Waals surface area contributed by atoms with E-state index in [4.69, 9.17) is 5.26 Å². The number of nitriles is 1. The third-order valence-electron chi connectivity index (χ3n) is 2.90. The predicted molar refractivity (Wildman–Crippen MR) is 79.9 cm³/mol. The van der Waals surface area contributed by atoms with Gasteiger partial charge in [-0.05, 0) is 42.5 Å². The summed E-state index contributed by atoms with van der Waals surface area (Å²) in [4.78, 5) is 14.1. The summed E-state index contributed by atoms with van der Waals surface area (Å²) in [6.07, 6.45) is 0. The number of nitrogens with zero attached hydrogens (tertiary/aromatic N) is 2. The van der Waals surface area contributed by atoms with Crippen LogP contribution in [-0.4, -0.2) is 20.0 Å². The topological polar surface area (TPSA) is 56.1 Å². The van der Waals surface area contributed by atoms with Crippen LogP contribution in [0.3, 0.4) is 0 Å². The zero-order valence-electron chi connectivity index (χ0n) is 11.4. The lowest BCUT2D eigenvalue weighted by molar-refractivity contribution is 0.102. The van der Waals surface area contributed by atoms with Crippen molar-refractivity contribution in [2.75, 3.05) is 24.3 Å². The highest BCUT2D eigenvalue weighted by molar-refractivity contribution is 6.04. The molecular weight excluding hydrogens is 250 g/mol. The van der Waals surface area contributed by atoms with E-state index >= 15 is 0 Å². The number of nitrogens with one attached hydrogen (secondary N) is 1. The fourth-order valence-electron chi connectivity index (χ4n) is 1.78. The number of amides is 1. The van der Waals surface area contributed by atoms with E-state index in [0.29, 0.717) is 11.1 Å². The van der Waals surface area contributed by atoms with E-state index in [9.17, 15) is 4.79 Å². The van der Waals surface area contributed by atoms with Gasteiger partial charge < -0.3 is 10.2 Å². The number of hydrogen-bond acceptors (Lipinski definition) is 3. The molecular formula is C16H15N3O. The maximum Gasteiger partial charge on any atom is 0.255 e. The van der Waals surface area contributed by atoms with Gasteiger partial charge in [0.2, 0.25) is 0 Å². The number of rotatable bonds is 3. The molecule has 0 aliphatic rings. The zero-order chi connectivity index (χ0) is 14.5. The molecule has 0 unspecified atom stereocenters. The Labute approximate surface area is 118 Å². The smallest absolute Gasteiger partial charge is 0.255 e. The fourth-order valence-corrected chi connectivity index (χ4v) is 1.78. The molecule has 0 saturated carbocycles. The molecule has 1 N–H and O–H groups in total. The van der Waals surface area contributed by atoms with Gasteiger partial charge in [0, 0.05) is 31.0 Å². The van der Waals surface area contributed by atoms with E-state index in [1.54, 1.807) is 24.3 Å². The number of hydrogen-bond donors (Lipinski definition) is 1. The minimum atomic E-state index is -0.222. The Kier molecular flexibility index (Phi) is 4.02. The van der Waals surface area contributed by atoms with Crippen LogP contribution >= 0.6 is 0 Å². The second-order valence-corrected chi connectivity index (χ2v) is 4.59. The summed E-state index contributed by atoms with van der Waals surface area (Å²) in [5.41, 5.74) is 2.73. The molecule has 0 radical (unpaired) electrons. The predicted octanol–water partition coefficient (Wildman–Crippen LogP) is 2.88. The van der Waals surface area contributed by atoms with Crippen molar-refractivity contribution in [2.24, 2.45) is 0 Å². The molecule has 2 aromatic carbocycles. The number of anilines is 2. The van der Waals surface area contributed by atoms with Crippen molar-refractivity contribution in [1.29, 1.82) is 5.26 Å². The van der Waals surface area contributed by atoms with Gasteiger partial charge in [-0.15, -0.1) is 0 Å². The van der Waals surface area contributed by atoms with Gasteiger partial charge in [-0.3, -0.25) is 4.79 Å². The lowest BCUT2D eigenvalue weighted by atomic mass is 10.1. The molecule has 0 spiro atoms. The summed E-state index contributed by atoms with van der Waals surface area (Å²) < 4.78 is 0. The molecule has 1 amide bonds. The first-order chi connectivity index (χ1) is 9.60. The standard InChI is InChI=1S/C16H15N3O/c1-19(2)15-8-6-14(7-9-15)18-16(20)13-5-3-4-12(10-13)11-17/h3-10H,1-2H3,(H,18,20). The van der Waals surface area contributed by atoms with Crippen LogP contribution in [0.2, 0.25) is 0 Å². The monoisotopic (exact) mass is 265 g/mol. The van der Waals surface area contributed by atoms with Gasteiger partial charge in [0.05, 0.1) is 11.6 Å². The first kappa shape index (κ1) is 13.6. The second-order valence-electron chi connectivity index (χ2n) is 4.59. The van der Waals surface area contributed by atoms with Gasteiger partial charge in [0.1, 0.15) is 0 Å². The Morgan fingerprint density at radius 1 is 1.15 bits per heavy atom. The average Bonchev–Trinajstić information content (AvgIpc) is 2.47. The number of carbonyl (C=O) groups is 1. The molecule has 0 heterocycles. The zero-order valence-corrected chi connectivity index (χ0v) is 11.4. The van der Waals surface area contributed by atoms with Crippen LogP contribution in [0.15, 0.2) is 48.5 Å². The van der Waals surface area contributed by atoms with Crippen LogP contribution in [-0.2, 0) is 0 Å². The summed E-state index contributed by atoms with van der Waals surface area (Å²) in [6, 6.07) is 16.2. The number of benzene rings is 2. The van der Waals surface area contributed by atoms with Crippen LogP contribution in [0.1, 0.15) is 15.9 Å². The minimum Gasteiger partial charge on any atom is -0.378 e. The lowest BCUT2D eigenvalue weighted by Gasteiger charge is -2.13. The highest BCUT2D eigenvalue weighted by Gasteiger charge is 2.06. The molecule has 100 valence electrons. The Bertz CT molecular complexity index is 654.